The average molecular weight is 361 g/mol. The fourth-order valence-corrected chi connectivity index (χ4v) is 3.31. The van der Waals surface area contributed by atoms with Crippen LogP contribution in [-0.2, 0) is 0 Å². The van der Waals surface area contributed by atoms with Gasteiger partial charge in [-0.2, -0.15) is 0 Å². The summed E-state index contributed by atoms with van der Waals surface area (Å²) in [5, 5.41) is 0.182. The predicted molar refractivity (Wildman–Crippen MR) is 104 cm³/mol. The van der Waals surface area contributed by atoms with E-state index in [1.807, 2.05) is 0 Å². The molecule has 0 radical (unpaired) electrons. The van der Waals surface area contributed by atoms with Crippen molar-refractivity contribution < 1.29 is 13.3 Å². The van der Waals surface area contributed by atoms with E-state index in [0.29, 0.717) is 16.6 Å². The van der Waals surface area contributed by atoms with Crippen LogP contribution >= 0.6 is 0 Å². The van der Waals surface area contributed by atoms with Gasteiger partial charge in [-0.1, -0.05) is 91.0 Å². The van der Waals surface area contributed by atoms with Crippen molar-refractivity contribution in [3.05, 3.63) is 114 Å². The standard InChI is InChI=1S/C22H15BF3N/c24-20-19(16-10-4-1-5-11-16)22(25)23(18-14-8-3-9-15-18)27(26)21(20)17-12-6-2-7-13-17/h1-15H. The molecule has 0 fully saturated rings. The van der Waals surface area contributed by atoms with Gasteiger partial charge in [0.05, 0.1) is 5.70 Å². The van der Waals surface area contributed by atoms with E-state index in [0.717, 1.165) is 0 Å². The van der Waals surface area contributed by atoms with Gasteiger partial charge in [0.25, 0.3) is 0 Å². The summed E-state index contributed by atoms with van der Waals surface area (Å²) in [6.07, 6.45) is 0. The second kappa shape index (κ2) is 7.19. The molecule has 1 nitrogen and oxygen atoms in total. The Balaban J connectivity index is 1.97. The van der Waals surface area contributed by atoms with E-state index >= 15 is 13.3 Å². The van der Waals surface area contributed by atoms with Crippen molar-refractivity contribution >= 4 is 23.6 Å². The number of hydrogen-bond donors (Lipinski definition) is 0. The summed E-state index contributed by atoms with van der Waals surface area (Å²) < 4.78 is 46.1. The maximum Gasteiger partial charge on any atom is 0.394 e. The van der Waals surface area contributed by atoms with E-state index in [1.165, 1.54) is 0 Å². The zero-order valence-corrected chi connectivity index (χ0v) is 14.3. The maximum atomic E-state index is 15.4. The van der Waals surface area contributed by atoms with Crippen LogP contribution in [0.4, 0.5) is 13.3 Å². The van der Waals surface area contributed by atoms with Crippen molar-refractivity contribution in [2.75, 3.05) is 0 Å². The van der Waals surface area contributed by atoms with Gasteiger partial charge >= 0.3 is 6.85 Å². The number of nitrogens with zero attached hydrogens (tertiary/aromatic N) is 1. The van der Waals surface area contributed by atoms with E-state index in [-0.39, 0.29) is 16.3 Å². The summed E-state index contributed by atoms with van der Waals surface area (Å²) in [5.74, 6) is -0.917. The van der Waals surface area contributed by atoms with Crippen molar-refractivity contribution in [3.63, 3.8) is 0 Å². The highest BCUT2D eigenvalue weighted by Crippen LogP contribution is 2.42. The number of allylic oxidation sites excluding steroid dienone is 2. The molecule has 27 heavy (non-hydrogen) atoms. The lowest BCUT2D eigenvalue weighted by molar-refractivity contribution is 0.216. The quantitative estimate of drug-likeness (QED) is 0.449. The van der Waals surface area contributed by atoms with Crippen molar-refractivity contribution in [3.8, 4) is 0 Å². The van der Waals surface area contributed by atoms with Crippen LogP contribution in [0.2, 0.25) is 0 Å². The first-order valence-electron chi connectivity index (χ1n) is 8.59. The van der Waals surface area contributed by atoms with Crippen LogP contribution in [0.25, 0.3) is 11.3 Å². The summed E-state index contributed by atoms with van der Waals surface area (Å²) in [4.78, 5) is 0. The highest BCUT2D eigenvalue weighted by Gasteiger charge is 2.42. The van der Waals surface area contributed by atoms with Gasteiger partial charge in [0.1, 0.15) is 5.73 Å². The zero-order chi connectivity index (χ0) is 18.8. The molecule has 0 N–H and O–H groups in total. The third kappa shape index (κ3) is 3.06. The number of hydrogen-bond acceptors (Lipinski definition) is 1. The van der Waals surface area contributed by atoms with E-state index < -0.39 is 18.4 Å². The van der Waals surface area contributed by atoms with Crippen molar-refractivity contribution in [2.45, 2.75) is 0 Å². The van der Waals surface area contributed by atoms with E-state index in [2.05, 4.69) is 0 Å². The first kappa shape index (κ1) is 17.2. The van der Waals surface area contributed by atoms with Crippen LogP contribution in [0.1, 0.15) is 11.1 Å². The van der Waals surface area contributed by atoms with Crippen LogP contribution in [0.15, 0.2) is 103 Å². The van der Waals surface area contributed by atoms with Gasteiger partial charge in [0, 0.05) is 11.1 Å². The molecule has 5 heteroatoms. The van der Waals surface area contributed by atoms with Crippen LogP contribution in [-0.4, -0.2) is 11.9 Å². The van der Waals surface area contributed by atoms with Crippen molar-refractivity contribution in [2.24, 2.45) is 0 Å². The molecule has 1 aliphatic heterocycles. The monoisotopic (exact) mass is 361 g/mol. The molecule has 1 heterocycles. The Morgan fingerprint density at radius 2 is 1.11 bits per heavy atom. The minimum atomic E-state index is -1.35. The molecule has 0 spiro atoms. The summed E-state index contributed by atoms with van der Waals surface area (Å²) in [7, 11) is 0. The Morgan fingerprint density at radius 3 is 1.67 bits per heavy atom. The molecule has 0 saturated carbocycles. The first-order valence-corrected chi connectivity index (χ1v) is 8.59. The Labute approximate surface area is 156 Å². The lowest BCUT2D eigenvalue weighted by Gasteiger charge is -2.30. The van der Waals surface area contributed by atoms with E-state index in [1.54, 1.807) is 91.0 Å². The topological polar surface area (TPSA) is 3.24 Å². The number of rotatable bonds is 3. The molecule has 4 rings (SSSR count). The minimum Gasteiger partial charge on any atom is -0.241 e. The number of benzene rings is 3. The molecule has 132 valence electrons. The highest BCUT2D eigenvalue weighted by molar-refractivity contribution is 6.79. The predicted octanol–water partition coefficient (Wildman–Crippen LogP) is 5.34. The zero-order valence-electron chi connectivity index (χ0n) is 14.3. The molecule has 0 amide bonds. The smallest absolute Gasteiger partial charge is 0.241 e. The van der Waals surface area contributed by atoms with Gasteiger partial charge in [0.2, 0.25) is 0 Å². The molecule has 0 bridgehead atoms. The lowest BCUT2D eigenvalue weighted by atomic mass is 9.51. The Bertz CT molecular complexity index is 1000. The van der Waals surface area contributed by atoms with Crippen LogP contribution in [0.5, 0.6) is 0 Å². The van der Waals surface area contributed by atoms with Crippen molar-refractivity contribution in [1.29, 1.82) is 0 Å². The Morgan fingerprint density at radius 1 is 0.630 bits per heavy atom. The molecule has 1 aliphatic rings. The summed E-state index contributed by atoms with van der Waals surface area (Å²) in [5.41, 5.74) is -0.213. The summed E-state index contributed by atoms with van der Waals surface area (Å²) >= 11 is 0. The second-order valence-corrected chi connectivity index (χ2v) is 6.24. The van der Waals surface area contributed by atoms with Crippen LogP contribution in [0, 0.1) is 0 Å². The fourth-order valence-electron chi connectivity index (χ4n) is 3.31. The molecule has 0 aromatic heterocycles. The Hall–Kier alpha value is -3.21. The fraction of sp³-hybridized carbons (Fsp3) is 0. The SMILES string of the molecule is FC1=C(c2ccccc2)C(F)=C(c2ccccc2)N(F)B1c1ccccc1. The first-order chi connectivity index (χ1) is 13.2. The van der Waals surface area contributed by atoms with Gasteiger partial charge in [-0.05, 0) is 11.0 Å². The van der Waals surface area contributed by atoms with Gasteiger partial charge in [-0.25, -0.2) is 13.8 Å². The molecule has 0 aliphatic carbocycles. The van der Waals surface area contributed by atoms with Crippen LogP contribution < -0.4 is 5.46 Å². The lowest BCUT2D eigenvalue weighted by Crippen LogP contribution is -2.46. The number of halogens is 3. The molecule has 0 unspecified atom stereocenters. The molecular weight excluding hydrogens is 346 g/mol. The maximum absolute atomic E-state index is 15.4. The summed E-state index contributed by atoms with van der Waals surface area (Å²) in [6, 6.07) is 25.2. The molecule has 3 aromatic rings. The largest absolute Gasteiger partial charge is 0.394 e. The van der Waals surface area contributed by atoms with Crippen LogP contribution in [0.3, 0.4) is 0 Å². The van der Waals surface area contributed by atoms with Gasteiger partial charge in [0.15, 0.2) is 5.83 Å². The molecule has 0 atom stereocenters. The van der Waals surface area contributed by atoms with E-state index in [4.69, 9.17) is 0 Å². The van der Waals surface area contributed by atoms with Gasteiger partial charge in [-0.15, -0.1) is 4.48 Å². The second-order valence-electron chi connectivity index (χ2n) is 6.24. The third-order valence-corrected chi connectivity index (χ3v) is 4.57. The molecule has 3 aromatic carbocycles. The van der Waals surface area contributed by atoms with Crippen molar-refractivity contribution in [1.82, 2.24) is 5.03 Å². The molecular formula is C22H15BF3N. The highest BCUT2D eigenvalue weighted by atomic mass is 19.2. The van der Waals surface area contributed by atoms with Gasteiger partial charge in [-0.3, -0.25) is 0 Å². The minimum absolute atomic E-state index is 0.182. The Kier molecular flexibility index (Phi) is 4.59. The normalized spacial score (nSPS) is 14.8. The average Bonchev–Trinajstić information content (AvgIpc) is 2.70. The third-order valence-electron chi connectivity index (χ3n) is 4.57. The van der Waals surface area contributed by atoms with Gasteiger partial charge < -0.3 is 0 Å². The van der Waals surface area contributed by atoms with E-state index in [9.17, 15) is 0 Å². The molecule has 0 saturated heterocycles. The summed E-state index contributed by atoms with van der Waals surface area (Å²) in [6.45, 7) is -1.35.